The van der Waals surface area contributed by atoms with Gasteiger partial charge in [0.15, 0.2) is 11.5 Å². The summed E-state index contributed by atoms with van der Waals surface area (Å²) in [7, 11) is 6.30. The molecule has 4 rings (SSSR count). The zero-order chi connectivity index (χ0) is 24.9. The molecule has 0 spiro atoms. The highest BCUT2D eigenvalue weighted by atomic mass is 16.6. The van der Waals surface area contributed by atoms with Gasteiger partial charge in [0.05, 0.1) is 50.3 Å². The number of nitro benzene ring substituents is 1. The molecule has 0 fully saturated rings. The molecule has 182 valence electrons. The number of nitrogens with one attached hydrogen (secondary N) is 1. The van der Waals surface area contributed by atoms with E-state index in [4.69, 9.17) is 23.7 Å². The molecule has 1 N–H and O–H groups in total. The molecule has 3 aromatic carbocycles. The van der Waals surface area contributed by atoms with Crippen molar-refractivity contribution in [2.24, 2.45) is 5.10 Å². The van der Waals surface area contributed by atoms with E-state index in [2.05, 4.69) is 10.5 Å². The Morgan fingerprint density at radius 3 is 2.26 bits per heavy atom. The summed E-state index contributed by atoms with van der Waals surface area (Å²) in [6.07, 6.45) is 0.0436. The lowest BCUT2D eigenvalue weighted by Gasteiger charge is -2.29. The van der Waals surface area contributed by atoms with Crippen LogP contribution in [0.4, 0.5) is 11.4 Å². The fraction of sp³-hybridized carbons (Fsp3) is 0.240. The van der Waals surface area contributed by atoms with Crippen molar-refractivity contribution in [3.05, 3.63) is 75.8 Å². The van der Waals surface area contributed by atoms with Crippen molar-refractivity contribution in [1.29, 1.82) is 0 Å². The van der Waals surface area contributed by atoms with Gasteiger partial charge in [0.25, 0.3) is 5.69 Å². The van der Waals surface area contributed by atoms with Gasteiger partial charge in [0.1, 0.15) is 23.4 Å². The van der Waals surface area contributed by atoms with Crippen LogP contribution in [0.1, 0.15) is 23.7 Å². The minimum atomic E-state index is -0.448. The Bertz CT molecular complexity index is 1260. The molecular weight excluding hydrogens is 454 g/mol. The van der Waals surface area contributed by atoms with Gasteiger partial charge in [-0.15, -0.1) is 0 Å². The molecule has 3 aromatic rings. The second-order valence-electron chi connectivity index (χ2n) is 7.60. The van der Waals surface area contributed by atoms with E-state index in [1.807, 2.05) is 18.2 Å². The van der Waals surface area contributed by atoms with Crippen LogP contribution in [-0.2, 0) is 0 Å². The van der Waals surface area contributed by atoms with E-state index in [9.17, 15) is 10.1 Å². The van der Waals surface area contributed by atoms with Gasteiger partial charge in [-0.3, -0.25) is 15.5 Å². The molecule has 1 aliphatic rings. The first-order valence-electron chi connectivity index (χ1n) is 10.7. The maximum Gasteiger partial charge on any atom is 0.269 e. The number of non-ortho nitro benzene ring substituents is 1. The largest absolute Gasteiger partial charge is 0.496 e. The van der Waals surface area contributed by atoms with Crippen molar-refractivity contribution < 1.29 is 28.6 Å². The normalized spacial score (nSPS) is 15.5. The zero-order valence-electron chi connectivity index (χ0n) is 19.7. The van der Waals surface area contributed by atoms with E-state index in [0.717, 1.165) is 5.56 Å². The minimum absolute atomic E-state index is 0.00176. The monoisotopic (exact) mass is 479 g/mol. The average Bonchev–Trinajstić information content (AvgIpc) is 2.90. The summed E-state index contributed by atoms with van der Waals surface area (Å²) in [6.45, 7) is 0. The lowest BCUT2D eigenvalue weighted by Crippen LogP contribution is -2.23. The third kappa shape index (κ3) is 4.91. The number of methoxy groups -OCH3 is 4. The summed E-state index contributed by atoms with van der Waals surface area (Å²) < 4.78 is 28.2. The molecule has 10 heteroatoms. The van der Waals surface area contributed by atoms with E-state index >= 15 is 0 Å². The van der Waals surface area contributed by atoms with Gasteiger partial charge in [-0.05, 0) is 29.8 Å². The second kappa shape index (κ2) is 10.2. The quantitative estimate of drug-likeness (QED) is 0.356. The molecule has 0 radical (unpaired) electrons. The molecule has 0 saturated carbocycles. The molecular formula is C25H25N3O7. The van der Waals surface area contributed by atoms with E-state index in [-0.39, 0.29) is 11.8 Å². The molecule has 1 unspecified atom stereocenters. The minimum Gasteiger partial charge on any atom is -0.496 e. The summed E-state index contributed by atoms with van der Waals surface area (Å²) in [4.78, 5) is 10.5. The molecule has 0 amide bonds. The molecule has 0 aliphatic carbocycles. The van der Waals surface area contributed by atoms with Gasteiger partial charge in [-0.2, -0.15) is 5.10 Å². The first-order chi connectivity index (χ1) is 17.0. The van der Waals surface area contributed by atoms with Crippen LogP contribution < -0.4 is 29.1 Å². The van der Waals surface area contributed by atoms with Crippen molar-refractivity contribution in [3.8, 4) is 28.7 Å². The van der Waals surface area contributed by atoms with E-state index in [1.54, 1.807) is 52.7 Å². The second-order valence-corrected chi connectivity index (χ2v) is 7.60. The third-order valence-electron chi connectivity index (χ3n) is 5.61. The van der Waals surface area contributed by atoms with Crippen LogP contribution in [0.15, 0.2) is 59.7 Å². The Labute approximate surface area is 202 Å². The third-order valence-corrected chi connectivity index (χ3v) is 5.61. The maximum atomic E-state index is 10.9. The number of rotatable bonds is 8. The van der Waals surface area contributed by atoms with E-state index in [0.29, 0.717) is 52.1 Å². The van der Waals surface area contributed by atoms with Gasteiger partial charge < -0.3 is 23.7 Å². The molecule has 10 nitrogen and oxygen atoms in total. The predicted molar refractivity (Wildman–Crippen MR) is 130 cm³/mol. The number of fused-ring (bicyclic) bond motifs is 1. The highest BCUT2D eigenvalue weighted by Crippen LogP contribution is 2.43. The van der Waals surface area contributed by atoms with Gasteiger partial charge in [0, 0.05) is 30.7 Å². The van der Waals surface area contributed by atoms with Crippen molar-refractivity contribution in [3.63, 3.8) is 0 Å². The van der Waals surface area contributed by atoms with Gasteiger partial charge in [-0.1, -0.05) is 6.07 Å². The molecule has 0 bridgehead atoms. The zero-order valence-corrected chi connectivity index (χ0v) is 19.7. The molecule has 35 heavy (non-hydrogen) atoms. The number of hydrogen-bond donors (Lipinski definition) is 1. The van der Waals surface area contributed by atoms with Crippen LogP contribution in [0.5, 0.6) is 28.7 Å². The Kier molecular flexibility index (Phi) is 6.91. The fourth-order valence-corrected chi connectivity index (χ4v) is 3.82. The highest BCUT2D eigenvalue weighted by Gasteiger charge is 2.31. The Morgan fingerprint density at radius 1 is 0.914 bits per heavy atom. The number of anilines is 1. The number of hydrazone groups is 1. The summed E-state index contributed by atoms with van der Waals surface area (Å²) in [5, 5.41) is 15.6. The van der Waals surface area contributed by atoms with Crippen molar-refractivity contribution in [2.75, 3.05) is 33.9 Å². The molecule has 0 aromatic heterocycles. The SMILES string of the molecule is COc1cc(OC)c2c(c1)OC(c1ccc(OC)c(OC)c1)CC2=NNc1ccc([N+](=O)[O-])cc1. The summed E-state index contributed by atoms with van der Waals surface area (Å²) in [5.74, 6) is 2.89. The first-order valence-corrected chi connectivity index (χ1v) is 10.7. The number of nitro groups is 1. The maximum absolute atomic E-state index is 10.9. The average molecular weight is 479 g/mol. The lowest BCUT2D eigenvalue weighted by atomic mass is 9.94. The van der Waals surface area contributed by atoms with E-state index < -0.39 is 4.92 Å². The molecule has 1 heterocycles. The Morgan fingerprint density at radius 2 is 1.63 bits per heavy atom. The van der Waals surface area contributed by atoms with Gasteiger partial charge >= 0.3 is 0 Å². The molecule has 0 saturated heterocycles. The molecule has 1 aliphatic heterocycles. The van der Waals surface area contributed by atoms with Crippen LogP contribution >= 0.6 is 0 Å². The summed E-state index contributed by atoms with van der Waals surface area (Å²) >= 11 is 0. The highest BCUT2D eigenvalue weighted by molar-refractivity contribution is 6.07. The number of hydrogen-bond acceptors (Lipinski definition) is 9. The van der Waals surface area contributed by atoms with Crippen LogP contribution in [0, 0.1) is 10.1 Å². The van der Waals surface area contributed by atoms with Crippen LogP contribution in [0.3, 0.4) is 0 Å². The fourth-order valence-electron chi connectivity index (χ4n) is 3.82. The van der Waals surface area contributed by atoms with Gasteiger partial charge in [-0.25, -0.2) is 0 Å². The van der Waals surface area contributed by atoms with Crippen molar-refractivity contribution in [1.82, 2.24) is 0 Å². The van der Waals surface area contributed by atoms with Crippen molar-refractivity contribution >= 4 is 17.1 Å². The number of ether oxygens (including phenoxy) is 5. The lowest BCUT2D eigenvalue weighted by molar-refractivity contribution is -0.384. The van der Waals surface area contributed by atoms with E-state index in [1.165, 1.54) is 12.1 Å². The smallest absolute Gasteiger partial charge is 0.269 e. The Hall–Kier alpha value is -4.47. The van der Waals surface area contributed by atoms with Crippen molar-refractivity contribution in [2.45, 2.75) is 12.5 Å². The summed E-state index contributed by atoms with van der Waals surface area (Å²) in [5.41, 5.74) is 5.85. The number of nitrogens with zero attached hydrogens (tertiary/aromatic N) is 2. The molecule has 1 atom stereocenters. The predicted octanol–water partition coefficient (Wildman–Crippen LogP) is 4.97. The van der Waals surface area contributed by atoms with Crippen LogP contribution in [-0.4, -0.2) is 39.1 Å². The standard InChI is InChI=1S/C25H25N3O7/c1-31-18-12-23(34-4)25-19(27-26-16-6-8-17(9-7-16)28(29)30)14-21(35-24(25)13-18)15-5-10-20(32-2)22(11-15)33-3/h5-13,21,26H,14H2,1-4H3. The first kappa shape index (κ1) is 23.7. The Balaban J connectivity index is 1.74. The summed E-state index contributed by atoms with van der Waals surface area (Å²) in [6, 6.07) is 15.2. The van der Waals surface area contributed by atoms with Crippen LogP contribution in [0.2, 0.25) is 0 Å². The topological polar surface area (TPSA) is 114 Å². The van der Waals surface area contributed by atoms with Crippen LogP contribution in [0.25, 0.3) is 0 Å². The van der Waals surface area contributed by atoms with Gasteiger partial charge in [0.2, 0.25) is 0 Å². The number of benzene rings is 3.